The lowest BCUT2D eigenvalue weighted by atomic mass is 10.1. The molecule has 1 heterocycles. The van der Waals surface area contributed by atoms with E-state index in [0.29, 0.717) is 17.9 Å². The van der Waals surface area contributed by atoms with Gasteiger partial charge in [-0.25, -0.2) is 8.42 Å². The molecule has 0 spiro atoms. The van der Waals surface area contributed by atoms with E-state index in [1.807, 2.05) is 12.1 Å². The minimum absolute atomic E-state index is 0.372. The van der Waals surface area contributed by atoms with Crippen LogP contribution in [0.1, 0.15) is 25.3 Å². The third kappa shape index (κ3) is 2.13. The maximum absolute atomic E-state index is 12.0. The fourth-order valence-electron chi connectivity index (χ4n) is 1.75. The molecule has 88 valence electrons. The van der Waals surface area contributed by atoms with Crippen molar-refractivity contribution in [1.29, 1.82) is 0 Å². The van der Waals surface area contributed by atoms with Crippen LogP contribution in [0.2, 0.25) is 0 Å². The highest BCUT2D eigenvalue weighted by atomic mass is 32.2. The van der Waals surface area contributed by atoms with Gasteiger partial charge in [0.2, 0.25) is 9.84 Å². The normalized spacial score (nSPS) is 20.4. The average molecular weight is 240 g/mol. The van der Waals surface area contributed by atoms with Crippen LogP contribution in [-0.4, -0.2) is 20.5 Å². The Kier molecular flexibility index (Phi) is 3.30. The first-order chi connectivity index (χ1) is 7.64. The Hall–Kier alpha value is -0.870. The largest absolute Gasteiger partial charge is 0.362 e. The van der Waals surface area contributed by atoms with Gasteiger partial charge in [-0.2, -0.15) is 0 Å². The van der Waals surface area contributed by atoms with Crippen LogP contribution in [0, 0.1) is 0 Å². The molecule has 1 aromatic carbocycles. The first kappa shape index (κ1) is 11.6. The Morgan fingerprint density at radius 1 is 1.31 bits per heavy atom. The van der Waals surface area contributed by atoms with E-state index in [1.165, 1.54) is 5.56 Å². The van der Waals surface area contributed by atoms with E-state index in [-0.39, 0.29) is 0 Å². The van der Waals surface area contributed by atoms with Gasteiger partial charge in [-0.15, -0.1) is 0 Å². The Balaban J connectivity index is 2.20. The highest BCUT2D eigenvalue weighted by Crippen LogP contribution is 2.25. The van der Waals surface area contributed by atoms with Gasteiger partial charge in [0.15, 0.2) is 5.44 Å². The zero-order valence-corrected chi connectivity index (χ0v) is 10.2. The molecular formula is C12H16O3S. The van der Waals surface area contributed by atoms with Crippen molar-refractivity contribution in [1.82, 2.24) is 0 Å². The third-order valence-corrected chi connectivity index (χ3v) is 4.79. The quantitative estimate of drug-likeness (QED) is 0.810. The number of rotatable bonds is 4. The summed E-state index contributed by atoms with van der Waals surface area (Å²) in [6.07, 6.45) is 2.66. The van der Waals surface area contributed by atoms with Crippen molar-refractivity contribution in [2.24, 2.45) is 0 Å². The van der Waals surface area contributed by atoms with E-state index in [2.05, 4.69) is 6.92 Å². The molecule has 2 rings (SSSR count). The lowest BCUT2D eigenvalue weighted by molar-refractivity contribution is 0.00316. The predicted molar refractivity (Wildman–Crippen MR) is 62.0 cm³/mol. The molecule has 0 unspecified atom stereocenters. The van der Waals surface area contributed by atoms with Crippen molar-refractivity contribution in [2.75, 3.05) is 6.61 Å². The van der Waals surface area contributed by atoms with Gasteiger partial charge < -0.3 is 4.74 Å². The molecule has 3 nitrogen and oxygen atoms in total. The molecular weight excluding hydrogens is 224 g/mol. The molecule has 0 N–H and O–H groups in total. The first-order valence-corrected chi connectivity index (χ1v) is 7.13. The molecule has 1 saturated heterocycles. The van der Waals surface area contributed by atoms with Crippen molar-refractivity contribution in [3.63, 3.8) is 0 Å². The molecule has 1 aromatic rings. The summed E-state index contributed by atoms with van der Waals surface area (Å²) >= 11 is 0. The minimum atomic E-state index is -3.26. The minimum Gasteiger partial charge on any atom is -0.362 e. The second-order valence-corrected chi connectivity index (χ2v) is 6.12. The predicted octanol–water partition coefficient (Wildman–Crippen LogP) is 2.16. The van der Waals surface area contributed by atoms with E-state index < -0.39 is 15.3 Å². The van der Waals surface area contributed by atoms with Gasteiger partial charge in [0.25, 0.3) is 0 Å². The van der Waals surface area contributed by atoms with E-state index in [4.69, 9.17) is 4.74 Å². The first-order valence-electron chi connectivity index (χ1n) is 5.59. The fraction of sp³-hybridized carbons (Fsp3) is 0.500. The summed E-state index contributed by atoms with van der Waals surface area (Å²) in [7, 11) is -3.26. The van der Waals surface area contributed by atoms with E-state index in [9.17, 15) is 8.42 Å². The van der Waals surface area contributed by atoms with Gasteiger partial charge >= 0.3 is 0 Å². The van der Waals surface area contributed by atoms with Crippen molar-refractivity contribution < 1.29 is 13.2 Å². The molecule has 0 saturated carbocycles. The molecule has 1 aliphatic rings. The Bertz CT molecular complexity index is 444. The van der Waals surface area contributed by atoms with Gasteiger partial charge in [0.05, 0.1) is 11.5 Å². The second-order valence-electron chi connectivity index (χ2n) is 4.03. The number of sulfone groups is 1. The maximum atomic E-state index is 12.0. The number of hydrogen-bond donors (Lipinski definition) is 0. The molecule has 1 atom stereocenters. The Morgan fingerprint density at radius 2 is 1.94 bits per heavy atom. The smallest absolute Gasteiger partial charge is 0.205 e. The van der Waals surface area contributed by atoms with E-state index >= 15 is 0 Å². The van der Waals surface area contributed by atoms with Crippen LogP contribution in [0.3, 0.4) is 0 Å². The van der Waals surface area contributed by atoms with Crippen LogP contribution in [0.5, 0.6) is 0 Å². The summed E-state index contributed by atoms with van der Waals surface area (Å²) < 4.78 is 29.0. The van der Waals surface area contributed by atoms with Crippen LogP contribution in [0.4, 0.5) is 0 Å². The molecule has 1 aliphatic heterocycles. The van der Waals surface area contributed by atoms with Crippen LogP contribution in [0.25, 0.3) is 0 Å². The Morgan fingerprint density at radius 3 is 2.38 bits per heavy atom. The van der Waals surface area contributed by atoms with Crippen molar-refractivity contribution in [3.05, 3.63) is 29.8 Å². The number of benzene rings is 1. The molecule has 0 amide bonds. The third-order valence-electron chi connectivity index (χ3n) is 2.79. The van der Waals surface area contributed by atoms with Gasteiger partial charge in [-0.1, -0.05) is 25.5 Å². The summed E-state index contributed by atoms with van der Waals surface area (Å²) in [5.41, 5.74) is 0.556. The van der Waals surface area contributed by atoms with Crippen LogP contribution in [0.15, 0.2) is 29.2 Å². The zero-order chi connectivity index (χ0) is 11.6. The molecule has 0 radical (unpaired) electrons. The molecule has 16 heavy (non-hydrogen) atoms. The summed E-state index contributed by atoms with van der Waals surface area (Å²) in [5.74, 6) is 0. The lowest BCUT2D eigenvalue weighted by Gasteiger charge is -2.26. The Labute approximate surface area is 96.4 Å². The highest BCUT2D eigenvalue weighted by Gasteiger charge is 2.33. The summed E-state index contributed by atoms with van der Waals surface area (Å²) in [6, 6.07) is 7.13. The van der Waals surface area contributed by atoms with Crippen molar-refractivity contribution in [3.8, 4) is 0 Å². The van der Waals surface area contributed by atoms with Crippen molar-refractivity contribution in [2.45, 2.75) is 36.5 Å². The van der Waals surface area contributed by atoms with E-state index in [0.717, 1.165) is 12.8 Å². The standard InChI is InChI=1S/C12H16O3S/c1-2-3-10-4-6-11(7-5-10)16(13,14)12-8-9-15-12/h4-7,12H,2-3,8-9H2,1H3/t12-/m1/s1. The van der Waals surface area contributed by atoms with Crippen LogP contribution in [-0.2, 0) is 21.0 Å². The monoisotopic (exact) mass is 240 g/mol. The SMILES string of the molecule is CCCc1ccc(S(=O)(=O)[C@@H]2CCO2)cc1. The highest BCUT2D eigenvalue weighted by molar-refractivity contribution is 7.92. The lowest BCUT2D eigenvalue weighted by Crippen LogP contribution is -2.34. The van der Waals surface area contributed by atoms with Gasteiger partial charge in [0.1, 0.15) is 0 Å². The van der Waals surface area contributed by atoms with Gasteiger partial charge in [-0.05, 0) is 24.1 Å². The molecule has 1 fully saturated rings. The van der Waals surface area contributed by atoms with Crippen LogP contribution >= 0.6 is 0 Å². The van der Waals surface area contributed by atoms with Crippen LogP contribution < -0.4 is 0 Å². The average Bonchev–Trinajstić information content (AvgIpc) is 2.15. The number of aryl methyl sites for hydroxylation is 1. The molecule has 0 bridgehead atoms. The molecule has 0 aromatic heterocycles. The van der Waals surface area contributed by atoms with E-state index in [1.54, 1.807) is 12.1 Å². The topological polar surface area (TPSA) is 43.4 Å². The summed E-state index contributed by atoms with van der Waals surface area (Å²) in [5, 5.41) is 0. The summed E-state index contributed by atoms with van der Waals surface area (Å²) in [4.78, 5) is 0.372. The zero-order valence-electron chi connectivity index (χ0n) is 9.35. The summed E-state index contributed by atoms with van der Waals surface area (Å²) in [6.45, 7) is 2.66. The second kappa shape index (κ2) is 4.55. The molecule has 4 heteroatoms. The van der Waals surface area contributed by atoms with Gasteiger partial charge in [-0.3, -0.25) is 0 Å². The van der Waals surface area contributed by atoms with Crippen molar-refractivity contribution >= 4 is 9.84 Å². The van der Waals surface area contributed by atoms with Gasteiger partial charge in [0, 0.05) is 6.42 Å². The fourth-order valence-corrected chi connectivity index (χ4v) is 3.25. The molecule has 0 aliphatic carbocycles. The number of ether oxygens (including phenoxy) is 1. The maximum Gasteiger partial charge on any atom is 0.205 e. The number of hydrogen-bond acceptors (Lipinski definition) is 3.